The van der Waals surface area contributed by atoms with E-state index in [9.17, 15) is 4.79 Å². The van der Waals surface area contributed by atoms with Gasteiger partial charge in [0.15, 0.2) is 5.78 Å². The van der Waals surface area contributed by atoms with Crippen molar-refractivity contribution in [3.8, 4) is 0 Å². The Bertz CT molecular complexity index is 580. The lowest BCUT2D eigenvalue weighted by Crippen LogP contribution is -2.11. The van der Waals surface area contributed by atoms with Gasteiger partial charge in [0.1, 0.15) is 0 Å². The van der Waals surface area contributed by atoms with Crippen molar-refractivity contribution in [2.24, 2.45) is 5.92 Å². The predicted octanol–water partition coefficient (Wildman–Crippen LogP) is 6.02. The second-order valence-electron chi connectivity index (χ2n) is 5.99. The van der Waals surface area contributed by atoms with E-state index in [0.717, 1.165) is 29.2 Å². The maximum absolute atomic E-state index is 12.7. The van der Waals surface area contributed by atoms with Crippen LogP contribution in [-0.4, -0.2) is 5.78 Å². The average Bonchev–Trinajstić information content (AvgIpc) is 2.53. The second kappa shape index (κ2) is 7.97. The Kier molecular flexibility index (Phi) is 5.98. The minimum atomic E-state index is 0.123. The highest BCUT2D eigenvalue weighted by molar-refractivity contribution is 6.08. The zero-order chi connectivity index (χ0) is 15.1. The lowest BCUT2D eigenvalue weighted by atomic mass is 9.91. The van der Waals surface area contributed by atoms with Crippen molar-refractivity contribution in [2.75, 3.05) is 0 Å². The standard InChI is InChI=1S/C20H26O/c1-3-4-5-6-7-11-16(2)20(21)19-15-10-13-17-12-8-9-14-18(17)19/h8-10,12-16H,3-7,11H2,1-2H3. The fourth-order valence-corrected chi connectivity index (χ4v) is 2.89. The lowest BCUT2D eigenvalue weighted by molar-refractivity contribution is 0.0924. The van der Waals surface area contributed by atoms with E-state index in [0.29, 0.717) is 5.78 Å². The van der Waals surface area contributed by atoms with Crippen LogP contribution in [0.1, 0.15) is 62.7 Å². The summed E-state index contributed by atoms with van der Waals surface area (Å²) in [5, 5.41) is 2.24. The van der Waals surface area contributed by atoms with Crippen LogP contribution in [0.5, 0.6) is 0 Å². The number of fused-ring (bicyclic) bond motifs is 1. The van der Waals surface area contributed by atoms with Crippen molar-refractivity contribution in [2.45, 2.75) is 52.4 Å². The first-order chi connectivity index (χ1) is 10.2. The van der Waals surface area contributed by atoms with Crippen molar-refractivity contribution in [3.63, 3.8) is 0 Å². The van der Waals surface area contributed by atoms with Gasteiger partial charge in [-0.25, -0.2) is 0 Å². The molecule has 1 heteroatoms. The van der Waals surface area contributed by atoms with Crippen LogP contribution in [0, 0.1) is 5.92 Å². The number of ketones is 1. The molecule has 0 spiro atoms. The maximum Gasteiger partial charge on any atom is 0.166 e. The first-order valence-electron chi connectivity index (χ1n) is 8.26. The Balaban J connectivity index is 2.01. The summed E-state index contributed by atoms with van der Waals surface area (Å²) >= 11 is 0. The van der Waals surface area contributed by atoms with Crippen LogP contribution in [0.2, 0.25) is 0 Å². The molecule has 112 valence electrons. The largest absolute Gasteiger partial charge is 0.294 e. The van der Waals surface area contributed by atoms with Crippen molar-refractivity contribution in [3.05, 3.63) is 48.0 Å². The molecule has 1 nitrogen and oxygen atoms in total. The second-order valence-corrected chi connectivity index (χ2v) is 5.99. The van der Waals surface area contributed by atoms with Gasteiger partial charge in [-0.1, -0.05) is 88.4 Å². The van der Waals surface area contributed by atoms with Crippen LogP contribution in [-0.2, 0) is 0 Å². The normalized spacial score (nSPS) is 12.5. The Hall–Kier alpha value is -1.63. The van der Waals surface area contributed by atoms with E-state index in [-0.39, 0.29) is 5.92 Å². The molecule has 0 amide bonds. The molecule has 0 saturated heterocycles. The molecule has 0 N–H and O–H groups in total. The highest BCUT2D eigenvalue weighted by Crippen LogP contribution is 2.23. The third-order valence-corrected chi connectivity index (χ3v) is 4.24. The molecule has 1 atom stereocenters. The van der Waals surface area contributed by atoms with Gasteiger partial charge >= 0.3 is 0 Å². The molecule has 0 bridgehead atoms. The van der Waals surface area contributed by atoms with Crippen molar-refractivity contribution in [1.29, 1.82) is 0 Å². The molecule has 0 saturated carbocycles. The first kappa shape index (κ1) is 15.8. The molecular formula is C20H26O. The van der Waals surface area contributed by atoms with E-state index in [1.807, 2.05) is 24.3 Å². The Labute approximate surface area is 128 Å². The van der Waals surface area contributed by atoms with E-state index in [2.05, 4.69) is 32.0 Å². The van der Waals surface area contributed by atoms with Crippen LogP contribution in [0.4, 0.5) is 0 Å². The number of Topliss-reactive ketones (excluding diaryl/α,β-unsaturated/α-hetero) is 1. The summed E-state index contributed by atoms with van der Waals surface area (Å²) in [4.78, 5) is 12.7. The van der Waals surface area contributed by atoms with E-state index in [4.69, 9.17) is 0 Å². The monoisotopic (exact) mass is 282 g/mol. The molecule has 21 heavy (non-hydrogen) atoms. The lowest BCUT2D eigenvalue weighted by Gasteiger charge is -2.12. The molecule has 0 heterocycles. The van der Waals surface area contributed by atoms with Gasteiger partial charge in [0.05, 0.1) is 0 Å². The predicted molar refractivity (Wildman–Crippen MR) is 90.8 cm³/mol. The summed E-state index contributed by atoms with van der Waals surface area (Å²) in [5.41, 5.74) is 0.883. The van der Waals surface area contributed by atoms with Gasteiger partial charge in [0, 0.05) is 11.5 Å². The molecule has 0 aliphatic heterocycles. The minimum Gasteiger partial charge on any atom is -0.294 e. The highest BCUT2D eigenvalue weighted by atomic mass is 16.1. The van der Waals surface area contributed by atoms with E-state index in [1.165, 1.54) is 25.7 Å². The maximum atomic E-state index is 12.7. The molecule has 2 aromatic carbocycles. The van der Waals surface area contributed by atoms with Crippen molar-refractivity contribution >= 4 is 16.6 Å². The Morgan fingerprint density at radius 2 is 1.67 bits per heavy atom. The number of rotatable bonds is 8. The van der Waals surface area contributed by atoms with E-state index >= 15 is 0 Å². The molecule has 0 fully saturated rings. The van der Waals surface area contributed by atoms with Gasteiger partial charge in [-0.15, -0.1) is 0 Å². The summed E-state index contributed by atoms with van der Waals surface area (Å²) in [6, 6.07) is 14.2. The van der Waals surface area contributed by atoms with Crippen LogP contribution in [0.15, 0.2) is 42.5 Å². The fraction of sp³-hybridized carbons (Fsp3) is 0.450. The zero-order valence-electron chi connectivity index (χ0n) is 13.3. The molecule has 0 radical (unpaired) electrons. The smallest absolute Gasteiger partial charge is 0.166 e. The SMILES string of the molecule is CCCCCCCC(C)C(=O)c1cccc2ccccc12. The summed E-state index contributed by atoms with van der Waals surface area (Å²) in [7, 11) is 0. The van der Waals surface area contributed by atoms with Gasteiger partial charge in [-0.2, -0.15) is 0 Å². The summed E-state index contributed by atoms with van der Waals surface area (Å²) in [6.45, 7) is 4.30. The van der Waals surface area contributed by atoms with Gasteiger partial charge in [-0.05, 0) is 17.2 Å². The van der Waals surface area contributed by atoms with Crippen molar-refractivity contribution in [1.82, 2.24) is 0 Å². The third kappa shape index (κ3) is 4.17. The Morgan fingerprint density at radius 1 is 0.952 bits per heavy atom. The summed E-state index contributed by atoms with van der Waals surface area (Å²) in [5.74, 6) is 0.416. The molecule has 0 aliphatic carbocycles. The molecule has 1 unspecified atom stereocenters. The summed E-state index contributed by atoms with van der Waals surface area (Å²) in [6.07, 6.45) is 7.30. The van der Waals surface area contributed by atoms with E-state index < -0.39 is 0 Å². The highest BCUT2D eigenvalue weighted by Gasteiger charge is 2.16. The number of benzene rings is 2. The van der Waals surface area contributed by atoms with E-state index in [1.54, 1.807) is 0 Å². The number of carbonyl (C=O) groups excluding carboxylic acids is 1. The van der Waals surface area contributed by atoms with Gasteiger partial charge in [0.25, 0.3) is 0 Å². The molecular weight excluding hydrogens is 256 g/mol. The van der Waals surface area contributed by atoms with Crippen LogP contribution in [0.3, 0.4) is 0 Å². The van der Waals surface area contributed by atoms with Gasteiger partial charge in [0.2, 0.25) is 0 Å². The van der Waals surface area contributed by atoms with Crippen LogP contribution >= 0.6 is 0 Å². The molecule has 0 aromatic heterocycles. The first-order valence-corrected chi connectivity index (χ1v) is 8.26. The van der Waals surface area contributed by atoms with Crippen LogP contribution in [0.25, 0.3) is 10.8 Å². The average molecular weight is 282 g/mol. The third-order valence-electron chi connectivity index (χ3n) is 4.24. The molecule has 2 aromatic rings. The topological polar surface area (TPSA) is 17.1 Å². The van der Waals surface area contributed by atoms with Crippen molar-refractivity contribution < 1.29 is 4.79 Å². The number of carbonyl (C=O) groups is 1. The summed E-state index contributed by atoms with van der Waals surface area (Å²) < 4.78 is 0. The molecule has 2 rings (SSSR count). The van der Waals surface area contributed by atoms with Gasteiger partial charge < -0.3 is 0 Å². The number of hydrogen-bond acceptors (Lipinski definition) is 1. The number of hydrogen-bond donors (Lipinski definition) is 0. The quantitative estimate of drug-likeness (QED) is 0.427. The zero-order valence-corrected chi connectivity index (χ0v) is 13.3. The Morgan fingerprint density at radius 3 is 2.48 bits per heavy atom. The van der Waals surface area contributed by atoms with Crippen LogP contribution < -0.4 is 0 Å². The molecule has 0 aliphatic rings. The minimum absolute atomic E-state index is 0.123. The fourth-order valence-electron chi connectivity index (χ4n) is 2.89. The van der Waals surface area contributed by atoms with Gasteiger partial charge in [-0.3, -0.25) is 4.79 Å². The number of unbranched alkanes of at least 4 members (excludes halogenated alkanes) is 4.